The first-order valence-corrected chi connectivity index (χ1v) is 5.61. The average Bonchev–Trinajstić information content (AvgIpc) is 2.91. The molecule has 2 aromatic heterocycles. The summed E-state index contributed by atoms with van der Waals surface area (Å²) in [6.07, 6.45) is 1.45. The average molecular weight is 253 g/mol. The van der Waals surface area contributed by atoms with Crippen molar-refractivity contribution >= 4 is 17.2 Å². The van der Waals surface area contributed by atoms with Crippen LogP contribution in [0.3, 0.4) is 0 Å². The molecule has 8 heteroatoms. The van der Waals surface area contributed by atoms with Crippen LogP contribution in [0.5, 0.6) is 0 Å². The van der Waals surface area contributed by atoms with Gasteiger partial charge in [0.1, 0.15) is 6.33 Å². The van der Waals surface area contributed by atoms with Crippen LogP contribution < -0.4 is 17.0 Å². The van der Waals surface area contributed by atoms with Gasteiger partial charge in [-0.3, -0.25) is 14.8 Å². The molecule has 0 bridgehead atoms. The molecule has 1 amide bonds. The zero-order chi connectivity index (χ0) is 12.4. The molecule has 0 fully saturated rings. The zero-order valence-electron chi connectivity index (χ0n) is 9.08. The fraction of sp³-hybridized carbons (Fsp3) is 0.222. The Kier molecular flexibility index (Phi) is 3.07. The Morgan fingerprint density at radius 2 is 2.35 bits per heavy atom. The third kappa shape index (κ3) is 2.27. The Morgan fingerprint density at radius 3 is 2.94 bits per heavy atom. The van der Waals surface area contributed by atoms with Gasteiger partial charge in [-0.1, -0.05) is 0 Å². The molecule has 0 spiro atoms. The van der Waals surface area contributed by atoms with Crippen molar-refractivity contribution in [1.29, 1.82) is 0 Å². The number of nitrogens with one attached hydrogen (secondary N) is 1. The van der Waals surface area contributed by atoms with Gasteiger partial charge in [0.15, 0.2) is 0 Å². The number of nitrogens with zero attached hydrogens (tertiary/aromatic N) is 3. The van der Waals surface area contributed by atoms with E-state index in [1.54, 1.807) is 19.2 Å². The number of thiophene rings is 1. The summed E-state index contributed by atoms with van der Waals surface area (Å²) in [7, 11) is 1.63. The molecule has 3 N–H and O–H groups in total. The number of hydrazine groups is 1. The molecule has 17 heavy (non-hydrogen) atoms. The van der Waals surface area contributed by atoms with Crippen LogP contribution in [0.25, 0.3) is 0 Å². The molecule has 0 atom stereocenters. The van der Waals surface area contributed by atoms with Crippen molar-refractivity contribution in [3.05, 3.63) is 38.7 Å². The van der Waals surface area contributed by atoms with Gasteiger partial charge in [0, 0.05) is 11.9 Å². The maximum atomic E-state index is 11.5. The lowest BCUT2D eigenvalue weighted by Gasteiger charge is -1.95. The fourth-order valence-corrected chi connectivity index (χ4v) is 2.23. The number of nitrogens with two attached hydrogens (primary N) is 1. The minimum atomic E-state index is -0.338. The van der Waals surface area contributed by atoms with Gasteiger partial charge in [0.25, 0.3) is 5.91 Å². The van der Waals surface area contributed by atoms with Crippen molar-refractivity contribution in [2.45, 2.75) is 6.54 Å². The molecular formula is C9H11N5O2S. The first-order chi connectivity index (χ1) is 8.11. The second-order valence-corrected chi connectivity index (χ2v) is 4.59. The van der Waals surface area contributed by atoms with Crippen molar-refractivity contribution in [3.8, 4) is 0 Å². The van der Waals surface area contributed by atoms with Crippen LogP contribution in [-0.4, -0.2) is 20.3 Å². The summed E-state index contributed by atoms with van der Waals surface area (Å²) >= 11 is 1.28. The topological polar surface area (TPSA) is 94.9 Å². The Morgan fingerprint density at radius 1 is 1.59 bits per heavy atom. The molecule has 0 aliphatic carbocycles. The van der Waals surface area contributed by atoms with E-state index >= 15 is 0 Å². The van der Waals surface area contributed by atoms with Crippen LogP contribution in [0.1, 0.15) is 14.5 Å². The normalized spacial score (nSPS) is 10.5. The maximum absolute atomic E-state index is 11.5. The van der Waals surface area contributed by atoms with Gasteiger partial charge in [-0.2, -0.15) is 5.10 Å². The van der Waals surface area contributed by atoms with Crippen molar-refractivity contribution in [2.24, 2.45) is 12.9 Å². The van der Waals surface area contributed by atoms with E-state index in [1.165, 1.54) is 26.9 Å². The van der Waals surface area contributed by atoms with Gasteiger partial charge in [-0.15, -0.1) is 11.3 Å². The SMILES string of the molecule is Cn1cnn(Cc2ccc(C(=O)NN)s2)c1=O. The first kappa shape index (κ1) is 11.6. The standard InChI is InChI=1S/C9H11N5O2S/c1-13-5-11-14(9(13)16)4-6-2-3-7(17-6)8(15)12-10/h2-3,5H,4,10H2,1H3,(H,12,15). The van der Waals surface area contributed by atoms with Crippen LogP contribution in [0.2, 0.25) is 0 Å². The van der Waals surface area contributed by atoms with Gasteiger partial charge >= 0.3 is 5.69 Å². The summed E-state index contributed by atoms with van der Waals surface area (Å²) < 4.78 is 2.72. The highest BCUT2D eigenvalue weighted by molar-refractivity contribution is 7.14. The molecule has 0 aromatic carbocycles. The van der Waals surface area contributed by atoms with Gasteiger partial charge in [-0.25, -0.2) is 15.3 Å². The molecule has 0 saturated heterocycles. The lowest BCUT2D eigenvalue weighted by Crippen LogP contribution is -2.29. The summed E-state index contributed by atoms with van der Waals surface area (Å²) in [5, 5.41) is 3.93. The number of hydrogen-bond acceptors (Lipinski definition) is 5. The smallest absolute Gasteiger partial charge is 0.289 e. The van der Waals surface area contributed by atoms with E-state index in [9.17, 15) is 9.59 Å². The van der Waals surface area contributed by atoms with E-state index in [1.807, 2.05) is 0 Å². The highest BCUT2D eigenvalue weighted by Crippen LogP contribution is 2.16. The third-order valence-electron chi connectivity index (χ3n) is 2.21. The quantitative estimate of drug-likeness (QED) is 0.429. The van der Waals surface area contributed by atoms with Crippen LogP contribution in [0.4, 0.5) is 0 Å². The molecule has 90 valence electrons. The molecule has 2 rings (SSSR count). The number of nitrogen functional groups attached to an aromatic ring is 1. The van der Waals surface area contributed by atoms with Crippen LogP contribution in [0.15, 0.2) is 23.3 Å². The van der Waals surface area contributed by atoms with E-state index in [0.29, 0.717) is 11.4 Å². The summed E-state index contributed by atoms with van der Waals surface area (Å²) in [6.45, 7) is 0.349. The van der Waals surface area contributed by atoms with E-state index in [-0.39, 0.29) is 11.6 Å². The van der Waals surface area contributed by atoms with E-state index < -0.39 is 0 Å². The van der Waals surface area contributed by atoms with Crippen molar-refractivity contribution in [3.63, 3.8) is 0 Å². The Balaban J connectivity index is 2.20. The Labute approximate surface area is 100 Å². The molecule has 0 aliphatic rings. The molecular weight excluding hydrogens is 242 g/mol. The molecule has 0 radical (unpaired) electrons. The number of carbonyl (C=O) groups excluding carboxylic acids is 1. The van der Waals surface area contributed by atoms with E-state index in [2.05, 4.69) is 10.5 Å². The van der Waals surface area contributed by atoms with E-state index in [0.717, 1.165) is 4.88 Å². The predicted molar refractivity (Wildman–Crippen MR) is 62.5 cm³/mol. The molecule has 7 nitrogen and oxygen atoms in total. The Hall–Kier alpha value is -1.93. The number of aromatic nitrogens is 3. The minimum Gasteiger partial charge on any atom is -0.289 e. The van der Waals surface area contributed by atoms with Crippen molar-refractivity contribution < 1.29 is 4.79 Å². The first-order valence-electron chi connectivity index (χ1n) is 4.80. The Bertz CT molecular complexity index is 597. The number of hydrogen-bond donors (Lipinski definition) is 2. The highest BCUT2D eigenvalue weighted by atomic mass is 32.1. The summed E-state index contributed by atoms with van der Waals surface area (Å²) in [6, 6.07) is 3.44. The minimum absolute atomic E-state index is 0.191. The lowest BCUT2D eigenvalue weighted by molar-refractivity contribution is 0.0957. The summed E-state index contributed by atoms with van der Waals surface area (Å²) in [4.78, 5) is 24.1. The predicted octanol–water partition coefficient (Wildman–Crippen LogP) is -0.705. The number of amides is 1. The van der Waals surface area contributed by atoms with Crippen molar-refractivity contribution in [1.82, 2.24) is 19.8 Å². The second kappa shape index (κ2) is 4.52. The molecule has 2 aromatic rings. The summed E-state index contributed by atoms with van der Waals surface area (Å²) in [5.74, 6) is 4.69. The third-order valence-corrected chi connectivity index (χ3v) is 3.28. The number of aryl methyl sites for hydroxylation is 1. The molecule has 2 heterocycles. The number of carbonyl (C=O) groups is 1. The zero-order valence-corrected chi connectivity index (χ0v) is 9.90. The number of rotatable bonds is 3. The maximum Gasteiger partial charge on any atom is 0.345 e. The molecule has 0 saturated carbocycles. The van der Waals surface area contributed by atoms with Crippen LogP contribution >= 0.6 is 11.3 Å². The fourth-order valence-electron chi connectivity index (χ4n) is 1.33. The monoisotopic (exact) mass is 253 g/mol. The molecule has 0 aliphatic heterocycles. The van der Waals surface area contributed by atoms with Gasteiger partial charge < -0.3 is 0 Å². The van der Waals surface area contributed by atoms with Gasteiger partial charge in [0.2, 0.25) is 0 Å². The largest absolute Gasteiger partial charge is 0.345 e. The van der Waals surface area contributed by atoms with Gasteiger partial charge in [0.05, 0.1) is 11.4 Å². The van der Waals surface area contributed by atoms with Crippen LogP contribution in [-0.2, 0) is 13.6 Å². The highest BCUT2D eigenvalue weighted by Gasteiger charge is 2.09. The second-order valence-electron chi connectivity index (χ2n) is 3.42. The lowest BCUT2D eigenvalue weighted by atomic mass is 10.4. The van der Waals surface area contributed by atoms with Gasteiger partial charge in [-0.05, 0) is 12.1 Å². The van der Waals surface area contributed by atoms with E-state index in [4.69, 9.17) is 5.84 Å². The summed E-state index contributed by atoms with van der Waals surface area (Å²) in [5.41, 5.74) is 1.87. The van der Waals surface area contributed by atoms with Crippen LogP contribution in [0, 0.1) is 0 Å². The molecule has 0 unspecified atom stereocenters. The van der Waals surface area contributed by atoms with Crippen molar-refractivity contribution in [2.75, 3.05) is 0 Å².